The van der Waals surface area contributed by atoms with Gasteiger partial charge in [-0.25, -0.2) is 0 Å². The number of rotatable bonds is 2. The third-order valence-corrected chi connectivity index (χ3v) is 3.59. The van der Waals surface area contributed by atoms with Crippen LogP contribution in [0.1, 0.15) is 24.0 Å². The molecule has 1 N–H and O–H groups in total. The molecule has 2 nitrogen and oxygen atoms in total. The van der Waals surface area contributed by atoms with Gasteiger partial charge in [-0.3, -0.25) is 4.90 Å². The molecule has 2 aromatic rings. The van der Waals surface area contributed by atoms with Crippen molar-refractivity contribution >= 4 is 10.9 Å². The van der Waals surface area contributed by atoms with Gasteiger partial charge in [0.2, 0.25) is 0 Å². The summed E-state index contributed by atoms with van der Waals surface area (Å²) >= 11 is 0. The highest BCUT2D eigenvalue weighted by atomic mass is 15.1. The second-order valence-corrected chi connectivity index (χ2v) is 4.79. The lowest BCUT2D eigenvalue weighted by Crippen LogP contribution is -2.18. The number of benzene rings is 1. The van der Waals surface area contributed by atoms with E-state index in [1.165, 1.54) is 48.0 Å². The Kier molecular flexibility index (Phi) is 2.44. The quantitative estimate of drug-likeness (QED) is 0.814. The Bertz CT molecular complexity index is 492. The van der Waals surface area contributed by atoms with Gasteiger partial charge < -0.3 is 4.98 Å². The van der Waals surface area contributed by atoms with Crippen molar-refractivity contribution in [1.82, 2.24) is 9.88 Å². The molecule has 1 aromatic carbocycles. The second-order valence-electron chi connectivity index (χ2n) is 4.79. The minimum absolute atomic E-state index is 1.10. The molecule has 1 fully saturated rings. The van der Waals surface area contributed by atoms with Gasteiger partial charge in [-0.15, -0.1) is 0 Å². The molecule has 0 atom stereocenters. The second kappa shape index (κ2) is 3.95. The minimum atomic E-state index is 1.10. The van der Waals surface area contributed by atoms with E-state index in [2.05, 4.69) is 41.2 Å². The molecule has 1 saturated heterocycles. The number of aromatic amines is 1. The molecular formula is C14H18N2. The monoisotopic (exact) mass is 214 g/mol. The van der Waals surface area contributed by atoms with Gasteiger partial charge in [0.1, 0.15) is 0 Å². The molecule has 0 spiro atoms. The molecule has 0 radical (unpaired) electrons. The van der Waals surface area contributed by atoms with Crippen LogP contribution in [0.2, 0.25) is 0 Å². The molecule has 1 aliphatic heterocycles. The Morgan fingerprint density at radius 2 is 2.06 bits per heavy atom. The van der Waals surface area contributed by atoms with E-state index in [1.807, 2.05) is 0 Å². The first-order valence-corrected chi connectivity index (χ1v) is 6.12. The van der Waals surface area contributed by atoms with E-state index >= 15 is 0 Å². The smallest absolute Gasteiger partial charge is 0.0459 e. The Morgan fingerprint density at radius 3 is 2.88 bits per heavy atom. The first kappa shape index (κ1) is 9.91. The molecule has 0 amide bonds. The summed E-state index contributed by atoms with van der Waals surface area (Å²) in [6, 6.07) is 6.48. The van der Waals surface area contributed by atoms with Gasteiger partial charge in [-0.05, 0) is 50.0 Å². The molecule has 1 aromatic heterocycles. The van der Waals surface area contributed by atoms with Crippen LogP contribution in [-0.2, 0) is 6.54 Å². The number of aryl methyl sites for hydroxylation is 1. The van der Waals surface area contributed by atoms with Crippen LogP contribution >= 0.6 is 0 Å². The van der Waals surface area contributed by atoms with Crippen molar-refractivity contribution in [2.24, 2.45) is 0 Å². The number of nitrogens with one attached hydrogen (secondary N) is 1. The highest BCUT2D eigenvalue weighted by molar-refractivity contribution is 5.86. The minimum Gasteiger partial charge on any atom is -0.361 e. The molecule has 0 aliphatic carbocycles. The molecule has 16 heavy (non-hydrogen) atoms. The van der Waals surface area contributed by atoms with E-state index in [0.717, 1.165) is 6.54 Å². The Labute approximate surface area is 96.3 Å². The van der Waals surface area contributed by atoms with Crippen LogP contribution in [-0.4, -0.2) is 23.0 Å². The molecular weight excluding hydrogens is 196 g/mol. The summed E-state index contributed by atoms with van der Waals surface area (Å²) in [6.45, 7) is 5.83. The van der Waals surface area contributed by atoms with Crippen molar-refractivity contribution in [3.63, 3.8) is 0 Å². The van der Waals surface area contributed by atoms with Gasteiger partial charge >= 0.3 is 0 Å². The maximum Gasteiger partial charge on any atom is 0.0459 e. The molecule has 2 heteroatoms. The third-order valence-electron chi connectivity index (χ3n) is 3.59. The van der Waals surface area contributed by atoms with E-state index in [0.29, 0.717) is 0 Å². The number of hydrogen-bond donors (Lipinski definition) is 1. The van der Waals surface area contributed by atoms with Crippen molar-refractivity contribution < 1.29 is 0 Å². The topological polar surface area (TPSA) is 19.0 Å². The maximum absolute atomic E-state index is 3.38. The van der Waals surface area contributed by atoms with Crippen molar-refractivity contribution in [2.75, 3.05) is 13.1 Å². The summed E-state index contributed by atoms with van der Waals surface area (Å²) in [6.07, 6.45) is 4.90. The van der Waals surface area contributed by atoms with Gasteiger partial charge in [-0.1, -0.05) is 12.1 Å². The molecule has 0 unspecified atom stereocenters. The molecule has 2 heterocycles. The third kappa shape index (κ3) is 1.63. The van der Waals surface area contributed by atoms with Crippen LogP contribution in [0.15, 0.2) is 24.4 Å². The Balaban J connectivity index is 1.97. The highest BCUT2D eigenvalue weighted by Crippen LogP contribution is 2.24. The van der Waals surface area contributed by atoms with Crippen LogP contribution in [0.25, 0.3) is 10.9 Å². The van der Waals surface area contributed by atoms with Crippen molar-refractivity contribution in [3.05, 3.63) is 35.5 Å². The predicted molar refractivity (Wildman–Crippen MR) is 67.5 cm³/mol. The van der Waals surface area contributed by atoms with Crippen LogP contribution in [0.5, 0.6) is 0 Å². The largest absolute Gasteiger partial charge is 0.361 e. The van der Waals surface area contributed by atoms with Crippen molar-refractivity contribution in [1.29, 1.82) is 0 Å². The Morgan fingerprint density at radius 1 is 1.25 bits per heavy atom. The maximum atomic E-state index is 3.38. The summed E-state index contributed by atoms with van der Waals surface area (Å²) in [5, 5.41) is 1.43. The zero-order valence-electron chi connectivity index (χ0n) is 9.79. The fourth-order valence-electron chi connectivity index (χ4n) is 2.76. The van der Waals surface area contributed by atoms with E-state index < -0.39 is 0 Å². The SMILES string of the molecule is Cc1cccc2[nH]cc(CN3CCCC3)c12. The normalized spacial score (nSPS) is 17.3. The van der Waals surface area contributed by atoms with E-state index in [1.54, 1.807) is 0 Å². The summed E-state index contributed by atoms with van der Waals surface area (Å²) < 4.78 is 0. The van der Waals surface area contributed by atoms with Gasteiger partial charge in [0, 0.05) is 23.6 Å². The summed E-state index contributed by atoms with van der Waals surface area (Å²) in [4.78, 5) is 5.93. The predicted octanol–water partition coefficient (Wildman–Crippen LogP) is 3.07. The summed E-state index contributed by atoms with van der Waals surface area (Å²) in [5.41, 5.74) is 4.11. The number of fused-ring (bicyclic) bond motifs is 1. The van der Waals surface area contributed by atoms with Crippen LogP contribution in [0.4, 0.5) is 0 Å². The van der Waals surface area contributed by atoms with Crippen molar-refractivity contribution in [3.8, 4) is 0 Å². The Hall–Kier alpha value is -1.28. The fourth-order valence-corrected chi connectivity index (χ4v) is 2.76. The lowest BCUT2D eigenvalue weighted by atomic mass is 10.1. The van der Waals surface area contributed by atoms with Crippen LogP contribution in [0, 0.1) is 6.92 Å². The van der Waals surface area contributed by atoms with Gasteiger partial charge in [-0.2, -0.15) is 0 Å². The number of aromatic nitrogens is 1. The first-order valence-electron chi connectivity index (χ1n) is 6.12. The lowest BCUT2D eigenvalue weighted by Gasteiger charge is -2.14. The fraction of sp³-hybridized carbons (Fsp3) is 0.429. The van der Waals surface area contributed by atoms with Gasteiger partial charge in [0.05, 0.1) is 0 Å². The molecule has 0 saturated carbocycles. The molecule has 84 valence electrons. The van der Waals surface area contributed by atoms with E-state index in [9.17, 15) is 0 Å². The standard InChI is InChI=1S/C14H18N2/c1-11-5-4-6-13-14(11)12(9-15-13)10-16-7-2-3-8-16/h4-6,9,15H,2-3,7-8,10H2,1H3. The summed E-state index contributed by atoms with van der Waals surface area (Å²) in [7, 11) is 0. The van der Waals surface area contributed by atoms with Crippen LogP contribution in [0.3, 0.4) is 0 Å². The number of nitrogens with zero attached hydrogens (tertiary/aromatic N) is 1. The number of hydrogen-bond acceptors (Lipinski definition) is 1. The number of H-pyrrole nitrogens is 1. The zero-order valence-corrected chi connectivity index (χ0v) is 9.79. The highest BCUT2D eigenvalue weighted by Gasteiger charge is 2.14. The molecule has 0 bridgehead atoms. The lowest BCUT2D eigenvalue weighted by molar-refractivity contribution is 0.332. The average molecular weight is 214 g/mol. The van der Waals surface area contributed by atoms with E-state index in [4.69, 9.17) is 0 Å². The van der Waals surface area contributed by atoms with Crippen LogP contribution < -0.4 is 0 Å². The first-order chi connectivity index (χ1) is 7.84. The zero-order chi connectivity index (χ0) is 11.0. The molecule has 1 aliphatic rings. The summed E-state index contributed by atoms with van der Waals surface area (Å²) in [5.74, 6) is 0. The van der Waals surface area contributed by atoms with Gasteiger partial charge in [0.15, 0.2) is 0 Å². The van der Waals surface area contributed by atoms with Gasteiger partial charge in [0.25, 0.3) is 0 Å². The van der Waals surface area contributed by atoms with Crippen molar-refractivity contribution in [2.45, 2.75) is 26.3 Å². The van der Waals surface area contributed by atoms with E-state index in [-0.39, 0.29) is 0 Å². The molecule has 3 rings (SSSR count). The number of likely N-dealkylation sites (tertiary alicyclic amines) is 1. The average Bonchev–Trinajstić information content (AvgIpc) is 2.90.